The minimum absolute atomic E-state index is 0.262. The quantitative estimate of drug-likeness (QED) is 0.807. The highest BCUT2D eigenvalue weighted by Crippen LogP contribution is 2.17. The number of nitriles is 1. The van der Waals surface area contributed by atoms with Crippen LogP contribution in [0.15, 0.2) is 17.6 Å². The third kappa shape index (κ3) is 3.19. The van der Waals surface area contributed by atoms with E-state index in [-0.39, 0.29) is 5.15 Å². The Hall–Kier alpha value is -1.64. The van der Waals surface area contributed by atoms with Crippen molar-refractivity contribution >= 4 is 22.9 Å². The van der Waals surface area contributed by atoms with Gasteiger partial charge < -0.3 is 4.74 Å². The highest BCUT2D eigenvalue weighted by Gasteiger charge is 2.04. The Morgan fingerprint density at radius 2 is 2.33 bits per heavy atom. The van der Waals surface area contributed by atoms with Crippen LogP contribution >= 0.6 is 22.9 Å². The van der Waals surface area contributed by atoms with Gasteiger partial charge in [-0.05, 0) is 13.0 Å². The van der Waals surface area contributed by atoms with Crippen LogP contribution in [-0.2, 0) is 6.42 Å². The maximum atomic E-state index is 8.80. The molecule has 0 atom stereocenters. The van der Waals surface area contributed by atoms with Crippen LogP contribution in [0, 0.1) is 18.3 Å². The van der Waals surface area contributed by atoms with E-state index in [1.165, 1.54) is 10.9 Å². The molecule has 0 spiro atoms. The Morgan fingerprint density at radius 1 is 1.50 bits per heavy atom. The number of hydrogen-bond donors (Lipinski definition) is 0. The fourth-order valence-corrected chi connectivity index (χ4v) is 2.39. The van der Waals surface area contributed by atoms with Crippen LogP contribution in [0.2, 0.25) is 5.15 Å². The van der Waals surface area contributed by atoms with Crippen molar-refractivity contribution in [1.29, 1.82) is 5.26 Å². The van der Waals surface area contributed by atoms with E-state index in [4.69, 9.17) is 21.6 Å². The van der Waals surface area contributed by atoms with Crippen LogP contribution < -0.4 is 4.74 Å². The van der Waals surface area contributed by atoms with Gasteiger partial charge in [0.05, 0.1) is 29.4 Å². The first-order chi connectivity index (χ1) is 8.69. The van der Waals surface area contributed by atoms with Crippen LogP contribution in [0.1, 0.15) is 16.1 Å². The summed E-state index contributed by atoms with van der Waals surface area (Å²) in [7, 11) is 0. The molecule has 0 aromatic carbocycles. The Kier molecular flexibility index (Phi) is 4.13. The van der Waals surface area contributed by atoms with Gasteiger partial charge in [-0.3, -0.25) is 0 Å². The summed E-state index contributed by atoms with van der Waals surface area (Å²) in [6.07, 6.45) is 0.770. The van der Waals surface area contributed by atoms with E-state index in [0.717, 1.165) is 12.1 Å². The van der Waals surface area contributed by atoms with Gasteiger partial charge in [0.15, 0.2) is 0 Å². The smallest absolute Gasteiger partial charge is 0.215 e. The zero-order chi connectivity index (χ0) is 13.0. The predicted octanol–water partition coefficient (Wildman–Crippen LogP) is 2.99. The number of aryl methyl sites for hydroxylation is 1. The first-order valence-corrected chi connectivity index (χ1v) is 6.54. The molecule has 2 aromatic rings. The number of rotatable bonds is 4. The predicted molar refractivity (Wildman–Crippen MR) is 70.0 cm³/mol. The first-order valence-electron chi connectivity index (χ1n) is 5.28. The standard InChI is InChI=1S/C12H10ClN3OS/c1-8-10(18-7-15-8)2-3-17-12-5-9(6-14)4-11(13)16-12/h4-5,7H,2-3H2,1H3. The molecular formula is C12H10ClN3OS. The molecule has 4 nitrogen and oxygen atoms in total. The molecule has 0 saturated carbocycles. The molecule has 2 aromatic heterocycles. The molecule has 0 aliphatic rings. The number of ether oxygens (including phenoxy) is 1. The molecular weight excluding hydrogens is 270 g/mol. The van der Waals surface area contributed by atoms with Crippen LogP contribution in [0.25, 0.3) is 0 Å². The van der Waals surface area contributed by atoms with Crippen LogP contribution in [0.3, 0.4) is 0 Å². The molecule has 0 aliphatic heterocycles. The molecule has 2 heterocycles. The average molecular weight is 280 g/mol. The Balaban J connectivity index is 1.97. The molecule has 0 fully saturated rings. The van der Waals surface area contributed by atoms with Crippen molar-refractivity contribution in [2.45, 2.75) is 13.3 Å². The van der Waals surface area contributed by atoms with Gasteiger partial charge in [0.1, 0.15) is 5.15 Å². The molecule has 0 radical (unpaired) electrons. The molecule has 18 heavy (non-hydrogen) atoms. The summed E-state index contributed by atoms with van der Waals surface area (Å²) >= 11 is 7.39. The van der Waals surface area contributed by atoms with Gasteiger partial charge in [-0.15, -0.1) is 11.3 Å². The van der Waals surface area contributed by atoms with Crippen molar-refractivity contribution in [2.24, 2.45) is 0 Å². The van der Waals surface area contributed by atoms with Crippen molar-refractivity contribution in [2.75, 3.05) is 6.61 Å². The lowest BCUT2D eigenvalue weighted by Gasteiger charge is -2.05. The van der Waals surface area contributed by atoms with Crippen molar-refractivity contribution in [1.82, 2.24) is 9.97 Å². The Morgan fingerprint density at radius 3 is 3.00 bits per heavy atom. The second kappa shape index (κ2) is 5.80. The summed E-state index contributed by atoms with van der Waals surface area (Å²) in [6.45, 7) is 2.46. The number of thiazole rings is 1. The van der Waals surface area contributed by atoms with Gasteiger partial charge in [0, 0.05) is 17.4 Å². The zero-order valence-corrected chi connectivity index (χ0v) is 11.3. The van der Waals surface area contributed by atoms with Gasteiger partial charge in [0.2, 0.25) is 5.88 Å². The van der Waals surface area contributed by atoms with Gasteiger partial charge >= 0.3 is 0 Å². The fraction of sp³-hybridized carbons (Fsp3) is 0.250. The maximum absolute atomic E-state index is 8.80. The van der Waals surface area contributed by atoms with Crippen molar-refractivity contribution in [3.05, 3.63) is 38.9 Å². The largest absolute Gasteiger partial charge is 0.477 e. The van der Waals surface area contributed by atoms with Gasteiger partial charge in [0.25, 0.3) is 0 Å². The van der Waals surface area contributed by atoms with Gasteiger partial charge in [-0.2, -0.15) is 5.26 Å². The fourth-order valence-electron chi connectivity index (χ4n) is 1.43. The number of halogens is 1. The summed E-state index contributed by atoms with van der Waals surface area (Å²) in [4.78, 5) is 9.36. The second-order valence-corrected chi connectivity index (χ2v) is 4.91. The molecule has 2 rings (SSSR count). The highest BCUT2D eigenvalue weighted by molar-refractivity contribution is 7.09. The van der Waals surface area contributed by atoms with E-state index in [9.17, 15) is 0 Å². The molecule has 0 aliphatic carbocycles. The molecule has 92 valence electrons. The number of hydrogen-bond acceptors (Lipinski definition) is 5. The van der Waals surface area contributed by atoms with E-state index < -0.39 is 0 Å². The highest BCUT2D eigenvalue weighted by atomic mass is 35.5. The summed E-state index contributed by atoms with van der Waals surface area (Å²) in [5.41, 5.74) is 3.29. The summed E-state index contributed by atoms with van der Waals surface area (Å²) in [5, 5.41) is 9.06. The molecule has 0 amide bonds. The number of aromatic nitrogens is 2. The minimum Gasteiger partial charge on any atom is -0.477 e. The lowest BCUT2D eigenvalue weighted by molar-refractivity contribution is 0.310. The van der Waals surface area contributed by atoms with E-state index in [2.05, 4.69) is 9.97 Å². The molecule has 0 unspecified atom stereocenters. The number of nitrogens with zero attached hydrogens (tertiary/aromatic N) is 3. The van der Waals surface area contributed by atoms with Gasteiger partial charge in [-0.1, -0.05) is 11.6 Å². The molecule has 0 bridgehead atoms. The number of pyridine rings is 1. The molecule has 0 saturated heterocycles. The van der Waals surface area contributed by atoms with Crippen molar-refractivity contribution < 1.29 is 4.74 Å². The van der Waals surface area contributed by atoms with E-state index in [0.29, 0.717) is 18.1 Å². The minimum atomic E-state index is 0.262. The normalized spacial score (nSPS) is 10.1. The summed E-state index contributed by atoms with van der Waals surface area (Å²) < 4.78 is 5.49. The average Bonchev–Trinajstić information content (AvgIpc) is 2.74. The monoisotopic (exact) mass is 279 g/mol. The van der Waals surface area contributed by atoms with E-state index in [1.807, 2.05) is 18.5 Å². The Bertz CT molecular complexity index is 591. The summed E-state index contributed by atoms with van der Waals surface area (Å²) in [5.74, 6) is 0.376. The third-order valence-electron chi connectivity index (χ3n) is 2.32. The summed E-state index contributed by atoms with van der Waals surface area (Å²) in [6, 6.07) is 5.09. The van der Waals surface area contributed by atoms with Crippen LogP contribution in [0.5, 0.6) is 5.88 Å². The lowest BCUT2D eigenvalue weighted by Crippen LogP contribution is -2.03. The van der Waals surface area contributed by atoms with E-state index >= 15 is 0 Å². The first kappa shape index (κ1) is 12.8. The van der Waals surface area contributed by atoms with E-state index in [1.54, 1.807) is 17.4 Å². The van der Waals surface area contributed by atoms with Crippen molar-refractivity contribution in [3.8, 4) is 11.9 Å². The topological polar surface area (TPSA) is 58.8 Å². The van der Waals surface area contributed by atoms with Gasteiger partial charge in [-0.25, -0.2) is 9.97 Å². The second-order valence-electron chi connectivity index (χ2n) is 3.59. The third-order valence-corrected chi connectivity index (χ3v) is 3.51. The zero-order valence-electron chi connectivity index (χ0n) is 9.68. The SMILES string of the molecule is Cc1ncsc1CCOc1cc(C#N)cc(Cl)n1. The Labute approximate surface area is 114 Å². The maximum Gasteiger partial charge on any atom is 0.215 e. The lowest BCUT2D eigenvalue weighted by atomic mass is 10.3. The van der Waals surface area contributed by atoms with Crippen LogP contribution in [-0.4, -0.2) is 16.6 Å². The van der Waals surface area contributed by atoms with Crippen molar-refractivity contribution in [3.63, 3.8) is 0 Å². The molecule has 6 heteroatoms. The molecule has 0 N–H and O–H groups in total. The van der Waals surface area contributed by atoms with Crippen LogP contribution in [0.4, 0.5) is 0 Å².